The third-order valence-corrected chi connectivity index (χ3v) is 6.86. The Labute approximate surface area is 162 Å². The van der Waals surface area contributed by atoms with Gasteiger partial charge in [0.2, 0.25) is 0 Å². The van der Waals surface area contributed by atoms with Gasteiger partial charge in [0, 0.05) is 9.58 Å². The van der Waals surface area contributed by atoms with Gasteiger partial charge in [-0.15, -0.1) is 11.3 Å². The van der Waals surface area contributed by atoms with Crippen molar-refractivity contribution in [3.63, 3.8) is 0 Å². The van der Waals surface area contributed by atoms with Gasteiger partial charge in [0.05, 0.1) is 0 Å². The number of aryl methyl sites for hydroxylation is 3. The number of benzene rings is 2. The van der Waals surface area contributed by atoms with Crippen LogP contribution in [-0.2, 0) is 6.42 Å². The molecule has 0 nitrogen and oxygen atoms in total. The van der Waals surface area contributed by atoms with Crippen LogP contribution in [-0.4, -0.2) is 0 Å². The second kappa shape index (κ2) is 8.22. The zero-order valence-corrected chi connectivity index (χ0v) is 17.4. The zero-order valence-electron chi connectivity index (χ0n) is 16.6. The van der Waals surface area contributed by atoms with Gasteiger partial charge in [0.15, 0.2) is 0 Å². The van der Waals surface area contributed by atoms with Crippen molar-refractivity contribution in [3.05, 3.63) is 76.2 Å². The number of rotatable bonds is 7. The smallest absolute Gasteiger partial charge is 0.0352 e. The first-order chi connectivity index (χ1) is 12.5. The van der Waals surface area contributed by atoms with Gasteiger partial charge in [-0.1, -0.05) is 49.9 Å². The van der Waals surface area contributed by atoms with E-state index in [0.29, 0.717) is 5.92 Å². The SMILES string of the molecule is C=C(C)c1sc2ccccc2c1C(CC)CCCc1ccc(C)c(C)c1. The van der Waals surface area contributed by atoms with Crippen LogP contribution < -0.4 is 0 Å². The predicted molar refractivity (Wildman–Crippen MR) is 118 cm³/mol. The predicted octanol–water partition coefficient (Wildman–Crippen LogP) is 8.07. The van der Waals surface area contributed by atoms with Crippen LogP contribution in [0.1, 0.15) is 66.2 Å². The highest BCUT2D eigenvalue weighted by Crippen LogP contribution is 2.42. The molecule has 0 aliphatic carbocycles. The highest BCUT2D eigenvalue weighted by molar-refractivity contribution is 7.20. The number of hydrogen-bond donors (Lipinski definition) is 0. The lowest BCUT2D eigenvalue weighted by Gasteiger charge is -2.17. The first-order valence-corrected chi connectivity index (χ1v) is 10.6. The quantitative estimate of drug-likeness (QED) is 0.398. The Hall–Kier alpha value is -1.86. The second-order valence-corrected chi connectivity index (χ2v) is 8.59. The van der Waals surface area contributed by atoms with Gasteiger partial charge in [-0.3, -0.25) is 0 Å². The molecule has 3 rings (SSSR count). The molecule has 3 aromatic rings. The number of fused-ring (bicyclic) bond motifs is 1. The summed E-state index contributed by atoms with van der Waals surface area (Å²) < 4.78 is 1.40. The van der Waals surface area contributed by atoms with Crippen molar-refractivity contribution in [2.45, 2.75) is 59.3 Å². The third kappa shape index (κ3) is 3.94. The number of thiophene rings is 1. The lowest BCUT2D eigenvalue weighted by molar-refractivity contribution is 0.579. The molecule has 0 saturated carbocycles. The zero-order chi connectivity index (χ0) is 18.7. The first kappa shape index (κ1) is 18.9. The van der Waals surface area contributed by atoms with Crippen LogP contribution in [0.3, 0.4) is 0 Å². The fraction of sp³-hybridized carbons (Fsp3) is 0.360. The summed E-state index contributed by atoms with van der Waals surface area (Å²) in [6, 6.07) is 15.8. The molecule has 0 aliphatic heterocycles. The summed E-state index contributed by atoms with van der Waals surface area (Å²) in [5, 5.41) is 1.44. The van der Waals surface area contributed by atoms with Crippen LogP contribution in [0.25, 0.3) is 15.7 Å². The molecule has 1 unspecified atom stereocenters. The van der Waals surface area contributed by atoms with E-state index in [1.807, 2.05) is 11.3 Å². The van der Waals surface area contributed by atoms with Gasteiger partial charge in [-0.2, -0.15) is 0 Å². The molecule has 0 N–H and O–H groups in total. The molecular formula is C25H30S. The van der Waals surface area contributed by atoms with Crippen LogP contribution in [0, 0.1) is 13.8 Å². The molecule has 0 amide bonds. The van der Waals surface area contributed by atoms with Crippen molar-refractivity contribution >= 4 is 27.0 Å². The van der Waals surface area contributed by atoms with Crippen LogP contribution in [0.5, 0.6) is 0 Å². The topological polar surface area (TPSA) is 0 Å². The van der Waals surface area contributed by atoms with E-state index in [9.17, 15) is 0 Å². The molecule has 1 heteroatoms. The van der Waals surface area contributed by atoms with Gasteiger partial charge in [-0.05, 0) is 91.7 Å². The van der Waals surface area contributed by atoms with Gasteiger partial charge in [0.1, 0.15) is 0 Å². The summed E-state index contributed by atoms with van der Waals surface area (Å²) in [4.78, 5) is 1.41. The molecule has 0 fully saturated rings. The van der Waals surface area contributed by atoms with E-state index in [1.54, 1.807) is 5.56 Å². The van der Waals surface area contributed by atoms with E-state index in [-0.39, 0.29) is 0 Å². The minimum atomic E-state index is 0.615. The molecule has 0 bridgehead atoms. The van der Waals surface area contributed by atoms with Crippen molar-refractivity contribution in [1.82, 2.24) is 0 Å². The van der Waals surface area contributed by atoms with E-state index in [0.717, 1.165) is 0 Å². The van der Waals surface area contributed by atoms with E-state index in [1.165, 1.54) is 62.9 Å². The average molecular weight is 363 g/mol. The normalized spacial score (nSPS) is 12.5. The maximum atomic E-state index is 4.25. The second-order valence-electron chi connectivity index (χ2n) is 7.54. The summed E-state index contributed by atoms with van der Waals surface area (Å²) in [6.45, 7) is 13.1. The van der Waals surface area contributed by atoms with Crippen LogP contribution in [0.2, 0.25) is 0 Å². The van der Waals surface area contributed by atoms with E-state index >= 15 is 0 Å². The Kier molecular flexibility index (Phi) is 5.98. The fourth-order valence-corrected chi connectivity index (χ4v) is 5.07. The van der Waals surface area contributed by atoms with Gasteiger partial charge >= 0.3 is 0 Å². The molecule has 26 heavy (non-hydrogen) atoms. The lowest BCUT2D eigenvalue weighted by Crippen LogP contribution is -2.01. The average Bonchev–Trinajstić information content (AvgIpc) is 3.01. The minimum absolute atomic E-state index is 0.615. The molecular weight excluding hydrogens is 332 g/mol. The molecule has 136 valence electrons. The fourth-order valence-electron chi connectivity index (χ4n) is 3.85. The Morgan fingerprint density at radius 2 is 1.85 bits per heavy atom. The van der Waals surface area contributed by atoms with Crippen molar-refractivity contribution in [2.75, 3.05) is 0 Å². The van der Waals surface area contributed by atoms with Crippen molar-refractivity contribution in [2.24, 2.45) is 0 Å². The Balaban J connectivity index is 1.80. The van der Waals surface area contributed by atoms with Crippen LogP contribution >= 0.6 is 11.3 Å². The molecule has 0 aliphatic rings. The number of hydrogen-bond acceptors (Lipinski definition) is 1. The third-order valence-electron chi connectivity index (χ3n) is 5.51. The van der Waals surface area contributed by atoms with E-state index in [4.69, 9.17) is 0 Å². The van der Waals surface area contributed by atoms with Crippen molar-refractivity contribution < 1.29 is 0 Å². The molecule has 0 saturated heterocycles. The van der Waals surface area contributed by atoms with Gasteiger partial charge < -0.3 is 0 Å². The van der Waals surface area contributed by atoms with Crippen molar-refractivity contribution in [1.29, 1.82) is 0 Å². The maximum Gasteiger partial charge on any atom is 0.0352 e. The standard InChI is InChI=1S/C25H30S/c1-6-21(11-9-10-20-15-14-18(4)19(5)16-20)24-22-12-7-8-13-23(22)26-25(24)17(2)3/h7-8,12-16,21H,2,6,9-11H2,1,3-5H3. The van der Waals surface area contributed by atoms with Gasteiger partial charge in [-0.25, -0.2) is 0 Å². The molecule has 1 atom stereocenters. The monoisotopic (exact) mass is 362 g/mol. The number of allylic oxidation sites excluding steroid dienone is 1. The largest absolute Gasteiger partial charge is 0.135 e. The molecule has 1 heterocycles. The van der Waals surface area contributed by atoms with Crippen LogP contribution in [0.15, 0.2) is 49.0 Å². The first-order valence-electron chi connectivity index (χ1n) is 9.74. The molecule has 0 radical (unpaired) electrons. The Bertz CT molecular complexity index is 913. The van der Waals surface area contributed by atoms with E-state index < -0.39 is 0 Å². The minimum Gasteiger partial charge on any atom is -0.135 e. The Morgan fingerprint density at radius 1 is 1.08 bits per heavy atom. The summed E-state index contributed by atoms with van der Waals surface area (Å²) in [6.07, 6.45) is 4.83. The summed E-state index contributed by atoms with van der Waals surface area (Å²) in [7, 11) is 0. The maximum absolute atomic E-state index is 4.25. The highest BCUT2D eigenvalue weighted by Gasteiger charge is 2.20. The Morgan fingerprint density at radius 3 is 2.54 bits per heavy atom. The summed E-state index contributed by atoms with van der Waals surface area (Å²) in [5.41, 5.74) is 7.01. The highest BCUT2D eigenvalue weighted by atomic mass is 32.1. The van der Waals surface area contributed by atoms with Crippen LogP contribution in [0.4, 0.5) is 0 Å². The summed E-state index contributed by atoms with van der Waals surface area (Å²) in [5.74, 6) is 0.615. The summed E-state index contributed by atoms with van der Waals surface area (Å²) >= 11 is 1.91. The van der Waals surface area contributed by atoms with Crippen molar-refractivity contribution in [3.8, 4) is 0 Å². The van der Waals surface area contributed by atoms with E-state index in [2.05, 4.69) is 76.7 Å². The molecule has 2 aromatic carbocycles. The lowest BCUT2D eigenvalue weighted by atomic mass is 9.87. The molecule has 1 aromatic heterocycles. The molecule has 0 spiro atoms. The van der Waals surface area contributed by atoms with Gasteiger partial charge in [0.25, 0.3) is 0 Å².